The van der Waals surface area contributed by atoms with E-state index in [1.807, 2.05) is 12.1 Å². The molecule has 1 aromatic carbocycles. The molecule has 3 rings (SSSR count). The summed E-state index contributed by atoms with van der Waals surface area (Å²) in [6.45, 7) is 0.379. The van der Waals surface area contributed by atoms with Gasteiger partial charge in [0.05, 0.1) is 20.8 Å². The van der Waals surface area contributed by atoms with Crippen LogP contribution >= 0.6 is 0 Å². The van der Waals surface area contributed by atoms with Crippen molar-refractivity contribution in [2.24, 2.45) is 10.7 Å². The van der Waals surface area contributed by atoms with E-state index in [0.29, 0.717) is 24.3 Å². The highest BCUT2D eigenvalue weighted by atomic mass is 16.5. The smallest absolute Gasteiger partial charge is 0.221 e. The van der Waals surface area contributed by atoms with E-state index in [-0.39, 0.29) is 0 Å². The number of rotatable bonds is 5. The van der Waals surface area contributed by atoms with Crippen molar-refractivity contribution >= 4 is 11.6 Å². The highest BCUT2D eigenvalue weighted by molar-refractivity contribution is 5.92. The Bertz CT molecular complexity index is 759. The maximum atomic E-state index is 6.00. The van der Waals surface area contributed by atoms with Crippen LogP contribution in [0, 0.1) is 0 Å². The number of hydrogen-bond acceptors (Lipinski definition) is 4. The van der Waals surface area contributed by atoms with Crippen molar-refractivity contribution in [2.45, 2.75) is 25.8 Å². The average Bonchev–Trinajstić information content (AvgIpc) is 3.07. The summed E-state index contributed by atoms with van der Waals surface area (Å²) in [4.78, 5) is 8.61. The molecule has 126 valence electrons. The molecule has 0 bridgehead atoms. The number of aryl methyl sites for hydroxylation is 2. The van der Waals surface area contributed by atoms with Gasteiger partial charge in [-0.3, -0.25) is 0 Å². The number of fused-ring (bicyclic) bond motifs is 1. The van der Waals surface area contributed by atoms with Crippen LogP contribution in [0.15, 0.2) is 35.3 Å². The van der Waals surface area contributed by atoms with Crippen molar-refractivity contribution in [1.82, 2.24) is 4.98 Å². The molecule has 6 nitrogen and oxygen atoms in total. The maximum Gasteiger partial charge on any atom is 0.221 e. The number of nitrogens with zero attached hydrogens (tertiary/aromatic N) is 2. The fraction of sp³-hybridized carbons (Fsp3) is 0.333. The summed E-state index contributed by atoms with van der Waals surface area (Å²) in [6, 6.07) is 10.0. The molecular formula is C18H22N4O2. The van der Waals surface area contributed by atoms with Gasteiger partial charge in [-0.15, -0.1) is 0 Å². The lowest BCUT2D eigenvalue weighted by atomic mass is 10.1. The second-order valence-corrected chi connectivity index (χ2v) is 5.69. The number of aliphatic imine (C=N–C) groups is 1. The number of ether oxygens (including phenoxy) is 2. The number of guanidine groups is 1. The van der Waals surface area contributed by atoms with Gasteiger partial charge in [-0.2, -0.15) is 4.98 Å². The molecule has 0 spiro atoms. The van der Waals surface area contributed by atoms with Gasteiger partial charge >= 0.3 is 0 Å². The lowest BCUT2D eigenvalue weighted by Crippen LogP contribution is -2.22. The summed E-state index contributed by atoms with van der Waals surface area (Å²) in [7, 11) is 3.14. The van der Waals surface area contributed by atoms with Gasteiger partial charge < -0.3 is 20.5 Å². The number of benzene rings is 1. The number of methoxy groups -OCH3 is 2. The van der Waals surface area contributed by atoms with Crippen molar-refractivity contribution in [3.63, 3.8) is 0 Å². The van der Waals surface area contributed by atoms with Crippen molar-refractivity contribution in [3.8, 4) is 11.8 Å². The highest BCUT2D eigenvalue weighted by Gasteiger charge is 2.11. The fourth-order valence-electron chi connectivity index (χ4n) is 2.87. The van der Waals surface area contributed by atoms with E-state index in [9.17, 15) is 0 Å². The zero-order chi connectivity index (χ0) is 16.9. The quantitative estimate of drug-likeness (QED) is 0.652. The molecule has 1 aliphatic rings. The summed E-state index contributed by atoms with van der Waals surface area (Å²) in [5.41, 5.74) is 10.6. The molecule has 0 saturated carbocycles. The summed E-state index contributed by atoms with van der Waals surface area (Å²) in [5.74, 6) is 1.36. The molecule has 1 heterocycles. The van der Waals surface area contributed by atoms with Gasteiger partial charge in [-0.25, -0.2) is 4.99 Å². The van der Waals surface area contributed by atoms with Gasteiger partial charge in [0.25, 0.3) is 0 Å². The number of pyridine rings is 1. The molecule has 6 heteroatoms. The van der Waals surface area contributed by atoms with Crippen molar-refractivity contribution in [2.75, 3.05) is 19.5 Å². The number of nitrogens with two attached hydrogens (primary N) is 1. The van der Waals surface area contributed by atoms with E-state index in [2.05, 4.69) is 27.4 Å². The lowest BCUT2D eigenvalue weighted by Gasteiger charge is -2.09. The van der Waals surface area contributed by atoms with E-state index in [0.717, 1.165) is 17.7 Å². The van der Waals surface area contributed by atoms with Crippen LogP contribution in [0.4, 0.5) is 5.69 Å². The Labute approximate surface area is 141 Å². The second-order valence-electron chi connectivity index (χ2n) is 5.69. The number of anilines is 1. The van der Waals surface area contributed by atoms with Gasteiger partial charge in [-0.05, 0) is 48.6 Å². The summed E-state index contributed by atoms with van der Waals surface area (Å²) in [5, 5.41) is 3.14. The number of nitrogens with one attached hydrogen (secondary N) is 1. The zero-order valence-corrected chi connectivity index (χ0v) is 14.0. The molecule has 0 fully saturated rings. The van der Waals surface area contributed by atoms with E-state index in [1.54, 1.807) is 20.3 Å². The van der Waals surface area contributed by atoms with Gasteiger partial charge in [0.2, 0.25) is 11.8 Å². The van der Waals surface area contributed by atoms with Crippen LogP contribution < -0.4 is 20.5 Å². The standard InChI is InChI=1S/C18H22N4O2/c1-23-16-9-7-14(17(22-16)24-2)11-20-18(19)21-15-8-6-12-4-3-5-13(12)10-15/h6-10H,3-5,11H2,1-2H3,(H3,19,20,21). The van der Waals surface area contributed by atoms with Gasteiger partial charge in [-0.1, -0.05) is 6.07 Å². The zero-order valence-electron chi connectivity index (χ0n) is 14.0. The van der Waals surface area contributed by atoms with Gasteiger partial charge in [0.1, 0.15) is 0 Å². The van der Waals surface area contributed by atoms with Crippen LogP contribution in [0.5, 0.6) is 11.8 Å². The monoisotopic (exact) mass is 326 g/mol. The maximum absolute atomic E-state index is 6.00. The van der Waals surface area contributed by atoms with E-state index in [1.165, 1.54) is 24.0 Å². The molecule has 1 aromatic heterocycles. The Morgan fingerprint density at radius 1 is 1.17 bits per heavy atom. The van der Waals surface area contributed by atoms with Crippen LogP contribution in [0.1, 0.15) is 23.1 Å². The predicted molar refractivity (Wildman–Crippen MR) is 94.8 cm³/mol. The Morgan fingerprint density at radius 2 is 2.00 bits per heavy atom. The second kappa shape index (κ2) is 7.21. The van der Waals surface area contributed by atoms with Gasteiger partial charge in [0.15, 0.2) is 5.96 Å². The van der Waals surface area contributed by atoms with Crippen LogP contribution in [0.25, 0.3) is 0 Å². The Kier molecular flexibility index (Phi) is 4.84. The molecule has 0 radical (unpaired) electrons. The van der Waals surface area contributed by atoms with Crippen molar-refractivity contribution < 1.29 is 9.47 Å². The van der Waals surface area contributed by atoms with E-state index >= 15 is 0 Å². The molecule has 0 atom stereocenters. The van der Waals surface area contributed by atoms with Crippen LogP contribution in [-0.4, -0.2) is 25.2 Å². The Hall–Kier alpha value is -2.76. The molecule has 0 unspecified atom stereocenters. The molecule has 3 N–H and O–H groups in total. The summed E-state index contributed by atoms with van der Waals surface area (Å²) >= 11 is 0. The van der Waals surface area contributed by atoms with E-state index < -0.39 is 0 Å². The third kappa shape index (κ3) is 3.59. The highest BCUT2D eigenvalue weighted by Crippen LogP contribution is 2.25. The fourth-order valence-corrected chi connectivity index (χ4v) is 2.87. The summed E-state index contributed by atoms with van der Waals surface area (Å²) < 4.78 is 10.4. The molecule has 0 saturated heterocycles. The lowest BCUT2D eigenvalue weighted by molar-refractivity contribution is 0.361. The topological polar surface area (TPSA) is 81.8 Å². The third-order valence-electron chi connectivity index (χ3n) is 4.11. The molecule has 1 aliphatic carbocycles. The first kappa shape index (κ1) is 16.1. The Morgan fingerprint density at radius 3 is 2.79 bits per heavy atom. The molecule has 0 aliphatic heterocycles. The number of hydrogen-bond donors (Lipinski definition) is 2. The molecule has 0 amide bonds. The first-order valence-corrected chi connectivity index (χ1v) is 7.96. The van der Waals surface area contributed by atoms with Crippen molar-refractivity contribution in [3.05, 3.63) is 47.0 Å². The molecule has 2 aromatic rings. The first-order valence-electron chi connectivity index (χ1n) is 7.96. The van der Waals surface area contributed by atoms with Crippen LogP contribution in [0.2, 0.25) is 0 Å². The molecule has 24 heavy (non-hydrogen) atoms. The minimum atomic E-state index is 0.366. The van der Waals surface area contributed by atoms with Gasteiger partial charge in [0, 0.05) is 17.3 Å². The van der Waals surface area contributed by atoms with E-state index in [4.69, 9.17) is 15.2 Å². The predicted octanol–water partition coefficient (Wildman–Crippen LogP) is 2.51. The summed E-state index contributed by atoms with van der Waals surface area (Å²) in [6.07, 6.45) is 3.53. The van der Waals surface area contributed by atoms with Crippen LogP contribution in [0.3, 0.4) is 0 Å². The average molecular weight is 326 g/mol. The largest absolute Gasteiger partial charge is 0.481 e. The normalized spacial score (nSPS) is 13.5. The number of aromatic nitrogens is 1. The minimum absolute atomic E-state index is 0.366. The van der Waals surface area contributed by atoms with Crippen LogP contribution in [-0.2, 0) is 19.4 Å². The SMILES string of the molecule is COc1ccc(CN=C(N)Nc2ccc3c(c2)CCC3)c(OC)n1. The first-order chi connectivity index (χ1) is 11.7. The Balaban J connectivity index is 1.68. The van der Waals surface area contributed by atoms with Crippen molar-refractivity contribution in [1.29, 1.82) is 0 Å². The third-order valence-corrected chi connectivity index (χ3v) is 4.11. The minimum Gasteiger partial charge on any atom is -0.481 e. The molecular weight excluding hydrogens is 304 g/mol.